The lowest BCUT2D eigenvalue weighted by Crippen LogP contribution is -2.41. The summed E-state index contributed by atoms with van der Waals surface area (Å²) in [4.78, 5) is 0. The molecule has 102 valence electrons. The standard InChI is InChI=1S/C9H5ClF6O2/c10-5-3-1-2-4-6(5)17-7(11)8(12,13)18-9(14,15)16/h1-4,7H. The number of rotatable bonds is 4. The minimum Gasteiger partial charge on any atom is -0.451 e. The molecule has 1 aromatic carbocycles. The Bertz CT molecular complexity index is 408. The summed E-state index contributed by atoms with van der Waals surface area (Å²) in [6.45, 7) is 0. The van der Waals surface area contributed by atoms with Crippen molar-refractivity contribution in [1.82, 2.24) is 0 Å². The Morgan fingerprint density at radius 3 is 2.11 bits per heavy atom. The average molecular weight is 295 g/mol. The molecule has 1 atom stereocenters. The summed E-state index contributed by atoms with van der Waals surface area (Å²) >= 11 is 5.45. The van der Waals surface area contributed by atoms with Crippen LogP contribution in [0.1, 0.15) is 0 Å². The maximum atomic E-state index is 12.9. The quantitative estimate of drug-likeness (QED) is 0.777. The van der Waals surface area contributed by atoms with Crippen molar-refractivity contribution in [3.63, 3.8) is 0 Å². The number of alkyl halides is 6. The molecule has 9 heteroatoms. The molecule has 0 aliphatic carbocycles. The van der Waals surface area contributed by atoms with Gasteiger partial charge >= 0.3 is 18.8 Å². The molecule has 0 N–H and O–H groups in total. The van der Waals surface area contributed by atoms with Gasteiger partial charge < -0.3 is 4.74 Å². The Kier molecular flexibility index (Phi) is 4.33. The Hall–Kier alpha value is -1.15. The van der Waals surface area contributed by atoms with Crippen LogP contribution in [0.4, 0.5) is 26.3 Å². The van der Waals surface area contributed by atoms with Gasteiger partial charge in [0.05, 0.1) is 5.02 Å². The van der Waals surface area contributed by atoms with Gasteiger partial charge in [0.2, 0.25) is 0 Å². The third-order valence-corrected chi connectivity index (χ3v) is 1.90. The number of benzene rings is 1. The van der Waals surface area contributed by atoms with E-state index in [-0.39, 0.29) is 5.02 Å². The second kappa shape index (κ2) is 5.23. The molecular formula is C9H5ClF6O2. The largest absolute Gasteiger partial charge is 0.527 e. The van der Waals surface area contributed by atoms with Crippen LogP contribution >= 0.6 is 11.6 Å². The lowest BCUT2D eigenvalue weighted by molar-refractivity contribution is -0.449. The summed E-state index contributed by atoms with van der Waals surface area (Å²) in [5.74, 6) is -0.530. The summed E-state index contributed by atoms with van der Waals surface area (Å²) < 4.78 is 79.3. The van der Waals surface area contributed by atoms with Crippen LogP contribution in [0.5, 0.6) is 5.75 Å². The highest BCUT2D eigenvalue weighted by Crippen LogP contribution is 2.34. The molecule has 0 radical (unpaired) electrons. The van der Waals surface area contributed by atoms with Gasteiger partial charge in [-0.25, -0.2) is 4.74 Å². The van der Waals surface area contributed by atoms with Crippen molar-refractivity contribution >= 4 is 11.6 Å². The van der Waals surface area contributed by atoms with Crippen molar-refractivity contribution in [2.24, 2.45) is 0 Å². The third kappa shape index (κ3) is 4.26. The molecule has 1 unspecified atom stereocenters. The van der Waals surface area contributed by atoms with Gasteiger partial charge in [0.15, 0.2) is 0 Å². The van der Waals surface area contributed by atoms with Crippen LogP contribution in [0.2, 0.25) is 5.02 Å². The molecule has 0 bridgehead atoms. The van der Waals surface area contributed by atoms with Crippen molar-refractivity contribution in [3.05, 3.63) is 29.3 Å². The van der Waals surface area contributed by atoms with Gasteiger partial charge in [-0.1, -0.05) is 23.7 Å². The summed E-state index contributed by atoms with van der Waals surface area (Å²) in [5, 5.41) is -0.233. The molecule has 0 saturated heterocycles. The minimum atomic E-state index is -5.70. The Morgan fingerprint density at radius 2 is 1.61 bits per heavy atom. The van der Waals surface area contributed by atoms with E-state index in [0.29, 0.717) is 0 Å². The highest BCUT2D eigenvalue weighted by Gasteiger charge is 2.53. The molecular weight excluding hydrogens is 290 g/mol. The first-order chi connectivity index (χ1) is 8.12. The van der Waals surface area contributed by atoms with E-state index in [1.807, 2.05) is 0 Å². The molecule has 0 amide bonds. The van der Waals surface area contributed by atoms with Gasteiger partial charge in [-0.3, -0.25) is 0 Å². The monoisotopic (exact) mass is 294 g/mol. The highest BCUT2D eigenvalue weighted by molar-refractivity contribution is 6.32. The highest BCUT2D eigenvalue weighted by atomic mass is 35.5. The molecule has 0 spiro atoms. The first-order valence-electron chi connectivity index (χ1n) is 4.32. The Balaban J connectivity index is 2.76. The number of para-hydroxylation sites is 1. The zero-order valence-electron chi connectivity index (χ0n) is 8.35. The van der Waals surface area contributed by atoms with Crippen LogP contribution in [-0.4, -0.2) is 18.8 Å². The predicted octanol–water partition coefficient (Wildman–Crippen LogP) is 4.14. The molecule has 2 nitrogen and oxygen atoms in total. The predicted molar refractivity (Wildman–Crippen MR) is 49.1 cm³/mol. The smallest absolute Gasteiger partial charge is 0.451 e. The van der Waals surface area contributed by atoms with Gasteiger partial charge in [-0.2, -0.15) is 13.2 Å². The first-order valence-corrected chi connectivity index (χ1v) is 4.69. The first kappa shape index (κ1) is 14.9. The van der Waals surface area contributed by atoms with Gasteiger partial charge in [-0.15, -0.1) is 13.2 Å². The van der Waals surface area contributed by atoms with Crippen molar-refractivity contribution in [2.75, 3.05) is 0 Å². The van der Waals surface area contributed by atoms with Crippen LogP contribution in [0.3, 0.4) is 0 Å². The maximum Gasteiger partial charge on any atom is 0.527 e. The molecule has 0 aliphatic heterocycles. The Morgan fingerprint density at radius 1 is 1.06 bits per heavy atom. The second-order valence-corrected chi connectivity index (χ2v) is 3.38. The van der Waals surface area contributed by atoms with E-state index in [1.54, 1.807) is 0 Å². The summed E-state index contributed by atoms with van der Waals surface area (Å²) in [6, 6.07) is 4.87. The molecule has 1 aromatic rings. The SMILES string of the molecule is FC(Oc1ccccc1Cl)C(F)(F)OC(F)(F)F. The molecule has 0 aromatic heterocycles. The molecule has 0 fully saturated rings. The molecule has 18 heavy (non-hydrogen) atoms. The summed E-state index contributed by atoms with van der Waals surface area (Å²) in [7, 11) is 0. The molecule has 0 saturated carbocycles. The lowest BCUT2D eigenvalue weighted by Gasteiger charge is -2.22. The van der Waals surface area contributed by atoms with Crippen molar-refractivity contribution in [1.29, 1.82) is 0 Å². The van der Waals surface area contributed by atoms with E-state index in [9.17, 15) is 26.3 Å². The van der Waals surface area contributed by atoms with Crippen molar-refractivity contribution < 1.29 is 35.8 Å². The van der Waals surface area contributed by atoms with Gasteiger partial charge in [0.25, 0.3) is 0 Å². The fourth-order valence-electron chi connectivity index (χ4n) is 0.921. The summed E-state index contributed by atoms with van der Waals surface area (Å²) in [6.07, 6.45) is -14.5. The molecule has 0 aliphatic rings. The topological polar surface area (TPSA) is 18.5 Å². The van der Waals surface area contributed by atoms with E-state index >= 15 is 0 Å². The fourth-order valence-corrected chi connectivity index (χ4v) is 1.10. The summed E-state index contributed by atoms with van der Waals surface area (Å²) in [5.41, 5.74) is 0. The Labute approximate surface area is 102 Å². The second-order valence-electron chi connectivity index (χ2n) is 2.97. The number of halogens is 7. The van der Waals surface area contributed by atoms with Gasteiger partial charge in [-0.05, 0) is 12.1 Å². The van der Waals surface area contributed by atoms with E-state index < -0.39 is 24.6 Å². The minimum absolute atomic E-state index is 0.233. The normalized spacial score (nSPS) is 14.4. The molecule has 1 rings (SSSR count). The van der Waals surface area contributed by atoms with Gasteiger partial charge in [0.1, 0.15) is 5.75 Å². The van der Waals surface area contributed by atoms with Crippen LogP contribution in [-0.2, 0) is 4.74 Å². The number of ether oxygens (including phenoxy) is 2. The van der Waals surface area contributed by atoms with E-state index in [2.05, 4.69) is 9.47 Å². The van der Waals surface area contributed by atoms with Crippen LogP contribution in [0, 0.1) is 0 Å². The maximum absolute atomic E-state index is 12.9. The van der Waals surface area contributed by atoms with Gasteiger partial charge in [0, 0.05) is 0 Å². The van der Waals surface area contributed by atoms with Crippen LogP contribution in [0.25, 0.3) is 0 Å². The van der Waals surface area contributed by atoms with E-state index in [4.69, 9.17) is 11.6 Å². The van der Waals surface area contributed by atoms with Crippen molar-refractivity contribution in [3.8, 4) is 5.75 Å². The zero-order valence-corrected chi connectivity index (χ0v) is 9.10. The van der Waals surface area contributed by atoms with Crippen molar-refractivity contribution in [2.45, 2.75) is 18.8 Å². The van der Waals surface area contributed by atoms with E-state index in [0.717, 1.165) is 6.07 Å². The molecule has 0 heterocycles. The lowest BCUT2D eigenvalue weighted by atomic mass is 10.3. The fraction of sp³-hybridized carbons (Fsp3) is 0.333. The van der Waals surface area contributed by atoms with Crippen LogP contribution in [0.15, 0.2) is 24.3 Å². The van der Waals surface area contributed by atoms with Crippen LogP contribution < -0.4 is 4.74 Å². The number of hydrogen-bond donors (Lipinski definition) is 0. The number of hydrogen-bond acceptors (Lipinski definition) is 2. The van der Waals surface area contributed by atoms with E-state index in [1.165, 1.54) is 18.2 Å². The third-order valence-electron chi connectivity index (χ3n) is 1.58. The zero-order chi connectivity index (χ0) is 14.0. The average Bonchev–Trinajstić information content (AvgIpc) is 2.17.